The zero-order chi connectivity index (χ0) is 14.4. The maximum atomic E-state index is 13.3. The van der Waals surface area contributed by atoms with Crippen molar-refractivity contribution in [1.29, 1.82) is 0 Å². The molecule has 2 heterocycles. The molecule has 0 N–H and O–H groups in total. The predicted molar refractivity (Wildman–Crippen MR) is 77.1 cm³/mol. The Morgan fingerprint density at radius 3 is 2.67 bits per heavy atom. The number of hydrogen-bond donors (Lipinski definition) is 0. The Morgan fingerprint density at radius 2 is 1.86 bits per heavy atom. The van der Waals surface area contributed by atoms with E-state index in [4.69, 9.17) is 4.42 Å². The molecule has 4 rings (SSSR count). The SMILES string of the molecule is O=c1c2ccc(F)cc2oc2nn(-c3ccccc3)cc12. The fourth-order valence-electron chi connectivity index (χ4n) is 2.32. The number of rotatable bonds is 1. The molecule has 0 aliphatic rings. The zero-order valence-corrected chi connectivity index (χ0v) is 10.8. The van der Waals surface area contributed by atoms with Crippen LogP contribution in [0.1, 0.15) is 0 Å². The van der Waals surface area contributed by atoms with Crippen LogP contribution in [0.15, 0.2) is 63.9 Å². The van der Waals surface area contributed by atoms with Gasteiger partial charge in [-0.15, -0.1) is 5.10 Å². The lowest BCUT2D eigenvalue weighted by atomic mass is 10.2. The summed E-state index contributed by atoms with van der Waals surface area (Å²) in [5.41, 5.74) is 1.000. The molecule has 102 valence electrons. The first kappa shape index (κ1) is 11.8. The normalized spacial score (nSPS) is 11.3. The van der Waals surface area contributed by atoms with Gasteiger partial charge in [0.2, 0.25) is 11.1 Å². The minimum Gasteiger partial charge on any atom is -0.436 e. The van der Waals surface area contributed by atoms with Crippen molar-refractivity contribution in [1.82, 2.24) is 9.78 Å². The summed E-state index contributed by atoms with van der Waals surface area (Å²) in [6.45, 7) is 0. The molecule has 0 saturated carbocycles. The fraction of sp³-hybridized carbons (Fsp3) is 0. The van der Waals surface area contributed by atoms with Gasteiger partial charge in [-0.1, -0.05) is 18.2 Å². The molecule has 0 unspecified atom stereocenters. The molecular weight excluding hydrogens is 271 g/mol. The van der Waals surface area contributed by atoms with Gasteiger partial charge in [0.05, 0.1) is 11.1 Å². The van der Waals surface area contributed by atoms with Gasteiger partial charge in [0.15, 0.2) is 0 Å². The van der Waals surface area contributed by atoms with Crippen LogP contribution < -0.4 is 5.43 Å². The highest BCUT2D eigenvalue weighted by Crippen LogP contribution is 2.19. The van der Waals surface area contributed by atoms with Crippen LogP contribution in [0.2, 0.25) is 0 Å². The van der Waals surface area contributed by atoms with Gasteiger partial charge in [-0.2, -0.15) is 0 Å². The number of hydrogen-bond acceptors (Lipinski definition) is 3. The van der Waals surface area contributed by atoms with Crippen LogP contribution in [-0.2, 0) is 0 Å². The second-order valence-electron chi connectivity index (χ2n) is 4.70. The van der Waals surface area contributed by atoms with Gasteiger partial charge in [0.1, 0.15) is 16.8 Å². The number of aromatic nitrogens is 2. The third-order valence-electron chi connectivity index (χ3n) is 3.34. The molecule has 4 nitrogen and oxygen atoms in total. The van der Waals surface area contributed by atoms with E-state index in [0.29, 0.717) is 10.8 Å². The molecule has 5 heteroatoms. The lowest BCUT2D eigenvalue weighted by Crippen LogP contribution is -2.00. The summed E-state index contributed by atoms with van der Waals surface area (Å²) in [5.74, 6) is -0.451. The van der Waals surface area contributed by atoms with Gasteiger partial charge in [-0.05, 0) is 24.3 Å². The Kier molecular flexibility index (Phi) is 2.41. The maximum absolute atomic E-state index is 13.3. The molecule has 0 fully saturated rings. The first-order chi connectivity index (χ1) is 10.2. The molecule has 0 bridgehead atoms. The maximum Gasteiger partial charge on any atom is 0.250 e. The molecular formula is C16H9FN2O2. The van der Waals surface area contributed by atoms with Crippen LogP contribution in [0, 0.1) is 5.82 Å². The smallest absolute Gasteiger partial charge is 0.250 e. The van der Waals surface area contributed by atoms with Crippen molar-refractivity contribution in [3.63, 3.8) is 0 Å². The minimum absolute atomic E-state index is 0.196. The van der Waals surface area contributed by atoms with E-state index in [1.807, 2.05) is 30.3 Å². The third-order valence-corrected chi connectivity index (χ3v) is 3.34. The van der Waals surface area contributed by atoms with Gasteiger partial charge in [-0.25, -0.2) is 9.07 Å². The monoisotopic (exact) mass is 280 g/mol. The van der Waals surface area contributed by atoms with Crippen molar-refractivity contribution >= 4 is 22.1 Å². The summed E-state index contributed by atoms with van der Waals surface area (Å²) < 4.78 is 20.4. The van der Waals surface area contributed by atoms with E-state index in [1.54, 1.807) is 10.9 Å². The summed E-state index contributed by atoms with van der Waals surface area (Å²) in [7, 11) is 0. The topological polar surface area (TPSA) is 48.0 Å². The Labute approximate surface area is 118 Å². The Balaban J connectivity index is 2.06. The first-order valence-corrected chi connectivity index (χ1v) is 6.39. The van der Waals surface area contributed by atoms with Gasteiger partial charge in [0.25, 0.3) is 0 Å². The third kappa shape index (κ3) is 1.82. The molecule has 4 aromatic rings. The summed E-state index contributed by atoms with van der Waals surface area (Å²) >= 11 is 0. The summed E-state index contributed by atoms with van der Waals surface area (Å²) in [4.78, 5) is 12.4. The highest BCUT2D eigenvalue weighted by atomic mass is 19.1. The van der Waals surface area contributed by atoms with E-state index in [1.165, 1.54) is 18.2 Å². The van der Waals surface area contributed by atoms with Crippen LogP contribution in [0.5, 0.6) is 0 Å². The molecule has 0 aliphatic heterocycles. The second-order valence-corrected chi connectivity index (χ2v) is 4.70. The lowest BCUT2D eigenvalue weighted by molar-refractivity contribution is 0.608. The average molecular weight is 280 g/mol. The zero-order valence-electron chi connectivity index (χ0n) is 10.8. The van der Waals surface area contributed by atoms with Gasteiger partial charge in [-0.3, -0.25) is 4.79 Å². The van der Waals surface area contributed by atoms with Crippen molar-refractivity contribution in [2.24, 2.45) is 0 Å². The van der Waals surface area contributed by atoms with Crippen molar-refractivity contribution in [3.8, 4) is 5.69 Å². The number of fused-ring (bicyclic) bond motifs is 2. The van der Waals surface area contributed by atoms with Gasteiger partial charge in [0, 0.05) is 12.3 Å². The van der Waals surface area contributed by atoms with E-state index in [2.05, 4.69) is 5.10 Å². The molecule has 0 saturated heterocycles. The highest BCUT2D eigenvalue weighted by Gasteiger charge is 2.12. The van der Waals surface area contributed by atoms with Crippen LogP contribution in [-0.4, -0.2) is 9.78 Å². The van der Waals surface area contributed by atoms with Crippen molar-refractivity contribution in [2.45, 2.75) is 0 Å². The Hall–Kier alpha value is -2.95. The molecule has 0 atom stereocenters. The average Bonchev–Trinajstić information content (AvgIpc) is 2.92. The molecule has 0 amide bonds. The van der Waals surface area contributed by atoms with E-state index >= 15 is 0 Å². The molecule has 0 radical (unpaired) electrons. The fourth-order valence-corrected chi connectivity index (χ4v) is 2.32. The van der Waals surface area contributed by atoms with Crippen LogP contribution in [0.4, 0.5) is 4.39 Å². The quantitative estimate of drug-likeness (QED) is 0.537. The highest BCUT2D eigenvalue weighted by molar-refractivity contribution is 5.87. The molecule has 2 aromatic heterocycles. The number of nitrogens with zero attached hydrogens (tertiary/aromatic N) is 2. The standard InChI is InChI=1S/C16H9FN2O2/c17-10-6-7-12-14(8-10)21-16-13(15(12)20)9-19(18-16)11-4-2-1-3-5-11/h1-9H. The number of benzene rings is 2. The van der Waals surface area contributed by atoms with E-state index in [9.17, 15) is 9.18 Å². The summed E-state index contributed by atoms with van der Waals surface area (Å²) in [6.07, 6.45) is 1.62. The summed E-state index contributed by atoms with van der Waals surface area (Å²) in [5, 5.41) is 4.97. The van der Waals surface area contributed by atoms with E-state index < -0.39 is 5.82 Å². The molecule has 21 heavy (non-hydrogen) atoms. The largest absolute Gasteiger partial charge is 0.436 e. The van der Waals surface area contributed by atoms with Crippen LogP contribution in [0.25, 0.3) is 27.8 Å². The summed E-state index contributed by atoms with van der Waals surface area (Å²) in [6, 6.07) is 13.3. The van der Waals surface area contributed by atoms with Crippen molar-refractivity contribution < 1.29 is 8.81 Å². The van der Waals surface area contributed by atoms with Gasteiger partial charge >= 0.3 is 0 Å². The molecule has 0 spiro atoms. The lowest BCUT2D eigenvalue weighted by Gasteiger charge is -1.97. The first-order valence-electron chi connectivity index (χ1n) is 6.39. The van der Waals surface area contributed by atoms with Crippen LogP contribution >= 0.6 is 0 Å². The van der Waals surface area contributed by atoms with E-state index in [-0.39, 0.29) is 16.7 Å². The predicted octanol–water partition coefficient (Wildman–Crippen LogP) is 3.27. The Bertz CT molecular complexity index is 1020. The number of halogens is 1. The number of para-hydroxylation sites is 1. The molecule has 2 aromatic carbocycles. The second kappa shape index (κ2) is 4.28. The van der Waals surface area contributed by atoms with Gasteiger partial charge < -0.3 is 4.42 Å². The van der Waals surface area contributed by atoms with E-state index in [0.717, 1.165) is 5.69 Å². The van der Waals surface area contributed by atoms with Crippen molar-refractivity contribution in [3.05, 3.63) is 70.8 Å². The van der Waals surface area contributed by atoms with Crippen LogP contribution in [0.3, 0.4) is 0 Å². The Morgan fingerprint density at radius 1 is 1.05 bits per heavy atom. The van der Waals surface area contributed by atoms with Crippen molar-refractivity contribution in [2.75, 3.05) is 0 Å². The molecule has 0 aliphatic carbocycles. The minimum atomic E-state index is -0.451.